The van der Waals surface area contributed by atoms with Gasteiger partial charge in [-0.2, -0.15) is 0 Å². The van der Waals surface area contributed by atoms with E-state index in [1.165, 1.54) is 21.8 Å². The number of hydrogen-bond acceptors (Lipinski definition) is 3. The van der Waals surface area contributed by atoms with Crippen LogP contribution in [0.5, 0.6) is 0 Å². The van der Waals surface area contributed by atoms with Gasteiger partial charge in [0, 0.05) is 73.5 Å². The number of aromatic nitrogens is 1. The number of anilines is 8. The van der Waals surface area contributed by atoms with Gasteiger partial charge in [0.05, 0.1) is 22.4 Å². The minimum Gasteiger partial charge on any atom is -0.337 e. The lowest BCUT2D eigenvalue weighted by Crippen LogP contribution is -2.19. The van der Waals surface area contributed by atoms with E-state index in [0.717, 1.165) is 79.6 Å². The Balaban J connectivity index is 1.10. The highest BCUT2D eigenvalue weighted by atomic mass is 15.2. The van der Waals surface area contributed by atoms with Crippen LogP contribution in [0.1, 0.15) is 5.56 Å². The molecule has 0 radical (unpaired) electrons. The molecule has 0 saturated heterocycles. The van der Waals surface area contributed by atoms with Crippen molar-refractivity contribution in [3.63, 3.8) is 0 Å². The van der Waals surface area contributed by atoms with Crippen LogP contribution in [0.15, 0.2) is 249 Å². The van der Waals surface area contributed by atoms with E-state index in [4.69, 9.17) is 0 Å². The summed E-state index contributed by atoms with van der Waals surface area (Å²) >= 11 is 0. The van der Waals surface area contributed by atoms with E-state index in [1.54, 1.807) is 0 Å². The molecule has 0 amide bonds. The highest BCUT2D eigenvalue weighted by molar-refractivity contribution is 6.12. The molecule has 2 heterocycles. The minimum absolute atomic E-state index is 0.738. The van der Waals surface area contributed by atoms with Gasteiger partial charge in [-0.05, 0) is 109 Å². The summed E-state index contributed by atoms with van der Waals surface area (Å²) in [5.74, 6) is 0. The maximum absolute atomic E-state index is 4.59. The molecule has 300 valence electrons. The van der Waals surface area contributed by atoms with E-state index in [-0.39, 0.29) is 0 Å². The molecule has 1 aliphatic heterocycles. The smallest absolute Gasteiger partial charge is 0.0542 e. The van der Waals surface area contributed by atoms with Crippen molar-refractivity contribution in [3.8, 4) is 5.69 Å². The second kappa shape index (κ2) is 16.3. The summed E-state index contributed by atoms with van der Waals surface area (Å²) in [5, 5.41) is 4.71. The molecule has 0 unspecified atom stereocenters. The van der Waals surface area contributed by atoms with Crippen LogP contribution in [0.25, 0.3) is 43.8 Å². The fourth-order valence-electron chi connectivity index (χ4n) is 9.24. The molecule has 0 spiro atoms. The van der Waals surface area contributed by atoms with E-state index >= 15 is 0 Å². The largest absolute Gasteiger partial charge is 0.337 e. The van der Waals surface area contributed by atoms with Crippen molar-refractivity contribution in [1.82, 2.24) is 4.57 Å². The third-order valence-corrected chi connectivity index (χ3v) is 12.1. The van der Waals surface area contributed by atoms with Crippen LogP contribution in [0.2, 0.25) is 0 Å². The second-order valence-corrected chi connectivity index (χ2v) is 15.8. The van der Waals surface area contributed by atoms with E-state index in [0.29, 0.717) is 0 Å². The Morgan fingerprint density at radius 3 is 1.57 bits per heavy atom. The molecule has 1 aromatic heterocycles. The quantitative estimate of drug-likeness (QED) is 0.152. The van der Waals surface area contributed by atoms with E-state index in [1.807, 2.05) is 0 Å². The average molecular weight is 809 g/mol. The lowest BCUT2D eigenvalue weighted by molar-refractivity contribution is 1.09. The van der Waals surface area contributed by atoms with Crippen molar-refractivity contribution in [3.05, 3.63) is 255 Å². The zero-order valence-electron chi connectivity index (χ0n) is 34.8. The average Bonchev–Trinajstić information content (AvgIpc) is 3.71. The molecule has 4 nitrogen and oxygen atoms in total. The molecule has 0 fully saturated rings. The van der Waals surface area contributed by atoms with Crippen LogP contribution in [-0.2, 0) is 0 Å². The third-order valence-electron chi connectivity index (χ3n) is 12.1. The van der Waals surface area contributed by atoms with Crippen molar-refractivity contribution >= 4 is 83.7 Å². The third kappa shape index (κ3) is 6.84. The summed E-state index contributed by atoms with van der Waals surface area (Å²) in [6.45, 7) is 5.33. The fraction of sp³-hybridized carbons (Fsp3) is 0.0169. The zero-order chi connectivity index (χ0) is 42.1. The molecule has 63 heavy (non-hydrogen) atoms. The summed E-state index contributed by atoms with van der Waals surface area (Å²) in [7, 11) is 0. The van der Waals surface area contributed by atoms with Crippen molar-refractivity contribution in [2.45, 2.75) is 0 Å². The van der Waals surface area contributed by atoms with Crippen LogP contribution >= 0.6 is 0 Å². The van der Waals surface area contributed by atoms with Crippen LogP contribution in [-0.4, -0.2) is 11.1 Å². The Labute approximate surface area is 368 Å². The molecule has 0 saturated carbocycles. The van der Waals surface area contributed by atoms with Gasteiger partial charge in [-0.3, -0.25) is 0 Å². The van der Waals surface area contributed by atoms with Crippen LogP contribution < -0.4 is 14.7 Å². The minimum atomic E-state index is 0.738. The maximum Gasteiger partial charge on any atom is 0.0542 e. The van der Waals surface area contributed by atoms with Crippen molar-refractivity contribution in [2.24, 2.45) is 0 Å². The first-order valence-electron chi connectivity index (χ1n) is 21.5. The van der Waals surface area contributed by atoms with E-state index in [2.05, 4.69) is 269 Å². The van der Waals surface area contributed by atoms with Gasteiger partial charge in [-0.15, -0.1) is 0 Å². The molecule has 11 rings (SSSR count). The Morgan fingerprint density at radius 1 is 0.397 bits per heavy atom. The topological polar surface area (TPSA) is 14.7 Å². The molecule has 0 bridgehead atoms. The maximum atomic E-state index is 4.59. The molecule has 0 N–H and O–H groups in total. The summed E-state index contributed by atoms with van der Waals surface area (Å²) in [4.78, 5) is 7.15. The van der Waals surface area contributed by atoms with Gasteiger partial charge in [-0.25, -0.2) is 0 Å². The Bertz CT molecular complexity index is 3330. The molecular weight excluding hydrogens is 765 g/mol. The van der Waals surface area contributed by atoms with Crippen molar-refractivity contribution in [2.75, 3.05) is 21.2 Å². The van der Waals surface area contributed by atoms with Crippen LogP contribution in [0, 0.1) is 0 Å². The number of benzene rings is 9. The fourth-order valence-corrected chi connectivity index (χ4v) is 9.24. The van der Waals surface area contributed by atoms with Crippen molar-refractivity contribution < 1.29 is 0 Å². The number of fused-ring (bicyclic) bond motifs is 5. The van der Waals surface area contributed by atoms with Gasteiger partial charge in [0.15, 0.2) is 0 Å². The van der Waals surface area contributed by atoms with Gasteiger partial charge in [0.25, 0.3) is 0 Å². The summed E-state index contributed by atoms with van der Waals surface area (Å²) < 4.78 is 2.37. The molecule has 1 aliphatic rings. The van der Waals surface area contributed by atoms with E-state index in [9.17, 15) is 0 Å². The van der Waals surface area contributed by atoms with Crippen LogP contribution in [0.3, 0.4) is 0 Å². The Hall–Kier alpha value is -8.34. The Morgan fingerprint density at radius 2 is 0.921 bits per heavy atom. The molecule has 0 aliphatic carbocycles. The van der Waals surface area contributed by atoms with Crippen molar-refractivity contribution in [1.29, 1.82) is 0 Å². The van der Waals surface area contributed by atoms with Gasteiger partial charge >= 0.3 is 0 Å². The molecule has 10 aromatic rings. The standard InChI is InChI=1S/C59H44N4/c1-43-21-7-6-18-40-60(44-22-8-2-9-23-44)55-38-36-48(41-53(43)55)61(45-24-10-3-11-25-45)56-34-19-32-51-50(56)31-20-35-57(51)62(46-26-12-4-13-27-46)49-37-39-59-54(42-49)52-30-16-17-33-58(52)63(59)47-28-14-5-15-29-47/h2-39,41-42H,1,40H2/b18-6-,21-7-. The lowest BCUT2D eigenvalue weighted by Gasteiger charge is -2.31. The number of hydrogen-bond donors (Lipinski definition) is 0. The predicted octanol–water partition coefficient (Wildman–Crippen LogP) is 16.2. The first kappa shape index (κ1) is 37.6. The number of nitrogens with zero attached hydrogens (tertiary/aromatic N) is 4. The lowest BCUT2D eigenvalue weighted by atomic mass is 10.00. The normalized spacial score (nSPS) is 13.6. The second-order valence-electron chi connectivity index (χ2n) is 15.8. The zero-order valence-corrected chi connectivity index (χ0v) is 34.8. The molecule has 9 aromatic carbocycles. The summed E-state index contributed by atoms with van der Waals surface area (Å²) in [6, 6.07) is 78.5. The number of rotatable bonds is 8. The first-order chi connectivity index (χ1) is 31.2. The van der Waals surface area contributed by atoms with Gasteiger partial charge < -0.3 is 19.3 Å². The monoisotopic (exact) mass is 808 g/mol. The Kier molecular flexibility index (Phi) is 9.72. The highest BCUT2D eigenvalue weighted by Gasteiger charge is 2.23. The first-order valence-corrected chi connectivity index (χ1v) is 21.5. The molecule has 4 heteroatoms. The highest BCUT2D eigenvalue weighted by Crippen LogP contribution is 2.47. The summed E-state index contributed by atoms with van der Waals surface area (Å²) in [6.07, 6.45) is 8.51. The SMILES string of the molecule is C=C1/C=C\C=C/CN(c2ccccc2)c2ccc(N(c3ccccc3)c3cccc4c(N(c5ccccc5)c5ccc6c(c5)c5ccccc5n6-c5ccccc5)cccc34)cc21. The number of allylic oxidation sites excluding steroid dienone is 4. The predicted molar refractivity (Wildman–Crippen MR) is 268 cm³/mol. The molecular formula is C59H44N4. The van der Waals surface area contributed by atoms with Gasteiger partial charge in [0.1, 0.15) is 0 Å². The van der Waals surface area contributed by atoms with Gasteiger partial charge in [0.2, 0.25) is 0 Å². The molecule has 0 atom stereocenters. The van der Waals surface area contributed by atoms with Crippen LogP contribution in [0.4, 0.5) is 45.5 Å². The number of para-hydroxylation sites is 5. The van der Waals surface area contributed by atoms with E-state index < -0.39 is 0 Å². The summed E-state index contributed by atoms with van der Waals surface area (Å²) in [5.41, 5.74) is 14.3. The van der Waals surface area contributed by atoms with Gasteiger partial charge in [-0.1, -0.05) is 146 Å².